The molecule has 0 aromatic rings. The molecule has 2 aliphatic heterocycles. The van der Waals surface area contributed by atoms with Crippen LogP contribution >= 0.6 is 0 Å². The molecular weight excluding hydrogens is 126 g/mol. The second-order valence-electron chi connectivity index (χ2n) is 3.33. The fraction of sp³-hybridized carbons (Fsp3) is 1.00. The summed E-state index contributed by atoms with van der Waals surface area (Å²) in [6, 6.07) is 1.54. The van der Waals surface area contributed by atoms with Crippen molar-refractivity contribution in [2.75, 3.05) is 13.2 Å². The van der Waals surface area contributed by atoms with Crippen LogP contribution in [0.15, 0.2) is 0 Å². The van der Waals surface area contributed by atoms with Crippen LogP contribution in [-0.4, -0.2) is 25.3 Å². The van der Waals surface area contributed by atoms with Gasteiger partial charge in [0, 0.05) is 25.3 Å². The van der Waals surface area contributed by atoms with Gasteiger partial charge in [-0.15, -0.1) is 0 Å². The highest BCUT2D eigenvalue weighted by Gasteiger charge is 2.24. The van der Waals surface area contributed by atoms with Gasteiger partial charge in [0.25, 0.3) is 0 Å². The van der Waals surface area contributed by atoms with E-state index in [9.17, 15) is 0 Å². The van der Waals surface area contributed by atoms with Gasteiger partial charge in [0.1, 0.15) is 0 Å². The van der Waals surface area contributed by atoms with Crippen molar-refractivity contribution in [1.82, 2.24) is 5.32 Å². The molecule has 2 nitrogen and oxygen atoms in total. The minimum Gasteiger partial charge on any atom is -0.381 e. The number of hydrogen-bond acceptors (Lipinski definition) is 2. The topological polar surface area (TPSA) is 21.3 Å². The lowest BCUT2D eigenvalue weighted by molar-refractivity contribution is 0.108. The highest BCUT2D eigenvalue weighted by atomic mass is 16.5. The van der Waals surface area contributed by atoms with Crippen molar-refractivity contribution in [3.05, 3.63) is 0 Å². The van der Waals surface area contributed by atoms with E-state index in [1.165, 1.54) is 25.7 Å². The number of fused-ring (bicyclic) bond motifs is 2. The van der Waals surface area contributed by atoms with Crippen molar-refractivity contribution in [2.24, 2.45) is 0 Å². The maximum atomic E-state index is 5.42. The van der Waals surface area contributed by atoms with Crippen molar-refractivity contribution in [2.45, 2.75) is 37.8 Å². The first-order chi connectivity index (χ1) is 4.95. The number of rotatable bonds is 0. The Morgan fingerprint density at radius 3 is 2.10 bits per heavy atom. The SMILES string of the molecule is C1CC2CCC(CCO1)N2. The molecule has 2 rings (SSSR count). The first kappa shape index (κ1) is 6.62. The van der Waals surface area contributed by atoms with Gasteiger partial charge < -0.3 is 10.1 Å². The molecule has 0 aromatic carbocycles. The summed E-state index contributed by atoms with van der Waals surface area (Å²) >= 11 is 0. The molecule has 0 radical (unpaired) electrons. The molecule has 2 atom stereocenters. The fourth-order valence-corrected chi connectivity index (χ4v) is 1.91. The number of ether oxygens (including phenoxy) is 1. The van der Waals surface area contributed by atoms with E-state index in [1.807, 2.05) is 0 Å². The van der Waals surface area contributed by atoms with E-state index in [0.717, 1.165) is 25.3 Å². The summed E-state index contributed by atoms with van der Waals surface area (Å²) in [6.07, 6.45) is 5.18. The molecular formula is C8H15NO. The molecule has 2 heterocycles. The lowest BCUT2D eigenvalue weighted by Crippen LogP contribution is -2.33. The van der Waals surface area contributed by atoms with Gasteiger partial charge in [-0.05, 0) is 25.7 Å². The largest absolute Gasteiger partial charge is 0.381 e. The molecule has 0 amide bonds. The maximum absolute atomic E-state index is 5.42. The Morgan fingerprint density at radius 2 is 1.50 bits per heavy atom. The molecule has 2 fully saturated rings. The summed E-state index contributed by atoms with van der Waals surface area (Å²) in [5.74, 6) is 0. The first-order valence-corrected chi connectivity index (χ1v) is 4.29. The van der Waals surface area contributed by atoms with Crippen LogP contribution < -0.4 is 5.32 Å². The van der Waals surface area contributed by atoms with Gasteiger partial charge in [0.2, 0.25) is 0 Å². The molecule has 2 aliphatic rings. The predicted octanol–water partition coefficient (Wildman–Crippen LogP) is 0.917. The molecule has 2 bridgehead atoms. The molecule has 0 spiro atoms. The standard InChI is InChI=1S/C8H15NO/c1-2-8-4-6-10-5-3-7(1)9-8/h7-9H,1-6H2. The summed E-state index contributed by atoms with van der Waals surface area (Å²) in [4.78, 5) is 0. The average Bonchev–Trinajstić information content (AvgIpc) is 2.30. The zero-order valence-electron chi connectivity index (χ0n) is 6.31. The van der Waals surface area contributed by atoms with Gasteiger partial charge in [0.15, 0.2) is 0 Å². The van der Waals surface area contributed by atoms with Crippen LogP contribution in [0.25, 0.3) is 0 Å². The van der Waals surface area contributed by atoms with Crippen molar-refractivity contribution in [3.63, 3.8) is 0 Å². The molecule has 0 aromatic heterocycles. The third-order valence-corrected chi connectivity index (χ3v) is 2.56. The van der Waals surface area contributed by atoms with Crippen LogP contribution in [-0.2, 0) is 4.74 Å². The van der Waals surface area contributed by atoms with E-state index in [-0.39, 0.29) is 0 Å². The average molecular weight is 141 g/mol. The van der Waals surface area contributed by atoms with E-state index < -0.39 is 0 Å². The third-order valence-electron chi connectivity index (χ3n) is 2.56. The molecule has 10 heavy (non-hydrogen) atoms. The normalized spacial score (nSPS) is 40.8. The molecule has 58 valence electrons. The van der Waals surface area contributed by atoms with Gasteiger partial charge in [0.05, 0.1) is 0 Å². The summed E-state index contributed by atoms with van der Waals surface area (Å²) in [7, 11) is 0. The third kappa shape index (κ3) is 1.32. The van der Waals surface area contributed by atoms with Crippen molar-refractivity contribution in [3.8, 4) is 0 Å². The molecule has 2 unspecified atom stereocenters. The zero-order chi connectivity index (χ0) is 6.81. The van der Waals surface area contributed by atoms with Gasteiger partial charge in [-0.3, -0.25) is 0 Å². The Bertz CT molecular complexity index is 104. The Kier molecular flexibility index (Phi) is 1.91. The van der Waals surface area contributed by atoms with Crippen LogP contribution in [0.3, 0.4) is 0 Å². The van der Waals surface area contributed by atoms with Gasteiger partial charge in [-0.1, -0.05) is 0 Å². The van der Waals surface area contributed by atoms with Gasteiger partial charge in [-0.2, -0.15) is 0 Å². The summed E-state index contributed by atoms with van der Waals surface area (Å²) in [5.41, 5.74) is 0. The quantitative estimate of drug-likeness (QED) is 0.541. The highest BCUT2D eigenvalue weighted by molar-refractivity contribution is 4.84. The van der Waals surface area contributed by atoms with Crippen molar-refractivity contribution >= 4 is 0 Å². The number of nitrogens with one attached hydrogen (secondary N) is 1. The minimum absolute atomic E-state index is 0.769. The first-order valence-electron chi connectivity index (χ1n) is 4.29. The smallest absolute Gasteiger partial charge is 0.0480 e. The van der Waals surface area contributed by atoms with Gasteiger partial charge >= 0.3 is 0 Å². The van der Waals surface area contributed by atoms with Crippen LogP contribution in [0.1, 0.15) is 25.7 Å². The van der Waals surface area contributed by atoms with E-state index in [4.69, 9.17) is 4.74 Å². The Morgan fingerprint density at radius 1 is 0.900 bits per heavy atom. The fourth-order valence-electron chi connectivity index (χ4n) is 1.91. The Labute approximate surface area is 61.9 Å². The Balaban J connectivity index is 1.91. The molecule has 0 saturated carbocycles. The molecule has 1 N–H and O–H groups in total. The Hall–Kier alpha value is -0.0800. The molecule has 0 aliphatic carbocycles. The van der Waals surface area contributed by atoms with Crippen LogP contribution in [0.2, 0.25) is 0 Å². The summed E-state index contributed by atoms with van der Waals surface area (Å²) < 4.78 is 5.42. The molecule has 2 saturated heterocycles. The van der Waals surface area contributed by atoms with E-state index in [0.29, 0.717) is 0 Å². The van der Waals surface area contributed by atoms with Crippen molar-refractivity contribution in [1.29, 1.82) is 0 Å². The van der Waals surface area contributed by atoms with E-state index >= 15 is 0 Å². The molecule has 2 heteroatoms. The van der Waals surface area contributed by atoms with Crippen LogP contribution in [0.4, 0.5) is 0 Å². The maximum Gasteiger partial charge on any atom is 0.0480 e. The van der Waals surface area contributed by atoms with Crippen molar-refractivity contribution < 1.29 is 4.74 Å². The second-order valence-corrected chi connectivity index (χ2v) is 3.33. The van der Waals surface area contributed by atoms with Crippen LogP contribution in [0.5, 0.6) is 0 Å². The second kappa shape index (κ2) is 2.89. The van der Waals surface area contributed by atoms with Gasteiger partial charge in [-0.25, -0.2) is 0 Å². The minimum atomic E-state index is 0.769. The number of hydrogen-bond donors (Lipinski definition) is 1. The predicted molar refractivity (Wildman–Crippen MR) is 40.0 cm³/mol. The highest BCUT2D eigenvalue weighted by Crippen LogP contribution is 2.19. The monoisotopic (exact) mass is 141 g/mol. The summed E-state index contributed by atoms with van der Waals surface area (Å²) in [6.45, 7) is 1.93. The lowest BCUT2D eigenvalue weighted by atomic mass is 10.1. The van der Waals surface area contributed by atoms with E-state index in [1.54, 1.807) is 0 Å². The summed E-state index contributed by atoms with van der Waals surface area (Å²) in [5, 5.41) is 3.61. The van der Waals surface area contributed by atoms with Crippen LogP contribution in [0, 0.1) is 0 Å². The lowest BCUT2D eigenvalue weighted by Gasteiger charge is -2.17. The zero-order valence-corrected chi connectivity index (χ0v) is 6.31. The van der Waals surface area contributed by atoms with E-state index in [2.05, 4.69) is 5.32 Å².